The predicted octanol–water partition coefficient (Wildman–Crippen LogP) is 5.17. The van der Waals surface area contributed by atoms with Crippen molar-refractivity contribution < 1.29 is 48.0 Å². The fraction of sp³-hybridized carbons (Fsp3) is 0.667. The first-order valence-corrected chi connectivity index (χ1v) is 19.6. The molecule has 296 valence electrons. The summed E-state index contributed by atoms with van der Waals surface area (Å²) in [6, 6.07) is 6.87. The van der Waals surface area contributed by atoms with Gasteiger partial charge in [-0.25, -0.2) is 4.79 Å². The highest BCUT2D eigenvalue weighted by molar-refractivity contribution is 5.94. The lowest BCUT2D eigenvalue weighted by atomic mass is 9.52. The van der Waals surface area contributed by atoms with Crippen LogP contribution in [0, 0.1) is 17.3 Å². The lowest BCUT2D eigenvalue weighted by Gasteiger charge is -2.53. The Hall–Kier alpha value is -3.58. The molecule has 2 heterocycles. The molecule has 2 saturated carbocycles. The zero-order valence-electron chi connectivity index (χ0n) is 32.6. The highest BCUT2D eigenvalue weighted by Crippen LogP contribution is 2.59. The van der Waals surface area contributed by atoms with Crippen molar-refractivity contribution in [3.8, 4) is 0 Å². The maximum atomic E-state index is 13.4. The van der Waals surface area contributed by atoms with Gasteiger partial charge in [0, 0.05) is 31.4 Å². The molecule has 0 aromatic heterocycles. The second-order valence-corrected chi connectivity index (χ2v) is 17.5. The van der Waals surface area contributed by atoms with Crippen LogP contribution in [0.3, 0.4) is 0 Å². The number of aliphatic hydroxyl groups excluding tert-OH is 1. The number of hydrogen-bond donors (Lipinski definition) is 3. The minimum atomic E-state index is -0.746. The smallest absolute Gasteiger partial charge is 0.338 e. The van der Waals surface area contributed by atoms with Crippen LogP contribution in [0.2, 0.25) is 0 Å². The van der Waals surface area contributed by atoms with E-state index in [2.05, 4.69) is 37.5 Å². The predicted molar refractivity (Wildman–Crippen MR) is 200 cm³/mol. The zero-order chi connectivity index (χ0) is 38.8. The molecule has 2 amide bonds. The molecule has 12 nitrogen and oxygen atoms in total. The van der Waals surface area contributed by atoms with E-state index in [0.29, 0.717) is 34.5 Å². The van der Waals surface area contributed by atoms with Crippen LogP contribution < -0.4 is 10.6 Å². The summed E-state index contributed by atoms with van der Waals surface area (Å²) in [5.74, 6) is -0.479. The maximum absolute atomic E-state index is 13.4. The number of epoxide rings is 1. The van der Waals surface area contributed by atoms with Crippen LogP contribution in [-0.4, -0.2) is 90.5 Å². The largest absolute Gasteiger partial charge is 0.460 e. The van der Waals surface area contributed by atoms with E-state index in [4.69, 9.17) is 23.7 Å². The van der Waals surface area contributed by atoms with Crippen molar-refractivity contribution in [2.45, 2.75) is 141 Å². The van der Waals surface area contributed by atoms with Gasteiger partial charge < -0.3 is 39.4 Å². The van der Waals surface area contributed by atoms with Crippen molar-refractivity contribution in [3.05, 3.63) is 52.6 Å². The normalized spacial score (nSPS) is 31.1. The first-order valence-electron chi connectivity index (χ1n) is 19.6. The van der Waals surface area contributed by atoms with Crippen molar-refractivity contribution in [2.24, 2.45) is 17.3 Å². The quantitative estimate of drug-likeness (QED) is 0.192. The Morgan fingerprint density at radius 2 is 1.81 bits per heavy atom. The van der Waals surface area contributed by atoms with Gasteiger partial charge >= 0.3 is 11.9 Å². The van der Waals surface area contributed by atoms with Crippen LogP contribution in [0.5, 0.6) is 0 Å². The van der Waals surface area contributed by atoms with Gasteiger partial charge in [0.1, 0.15) is 30.7 Å². The van der Waals surface area contributed by atoms with Crippen molar-refractivity contribution in [1.29, 1.82) is 0 Å². The third kappa shape index (κ3) is 9.80. The van der Waals surface area contributed by atoms with E-state index >= 15 is 0 Å². The second kappa shape index (κ2) is 16.3. The molecule has 0 radical (unpaired) electrons. The topological polar surface area (TPSA) is 162 Å². The van der Waals surface area contributed by atoms with Crippen molar-refractivity contribution >= 4 is 29.8 Å². The van der Waals surface area contributed by atoms with Crippen LogP contribution in [0.25, 0.3) is 6.08 Å². The summed E-state index contributed by atoms with van der Waals surface area (Å²) in [5.41, 5.74) is 3.06. The van der Waals surface area contributed by atoms with Crippen molar-refractivity contribution in [1.82, 2.24) is 10.6 Å². The number of carbonyl (C=O) groups is 4. The minimum absolute atomic E-state index is 0.0173. The van der Waals surface area contributed by atoms with Crippen LogP contribution in [0.15, 0.2) is 41.5 Å². The SMILES string of the molecule is CC(C)(C)OC(=O)CC[C@@H](CO)NC(=O)CCNC(=O)C1=C[C@H]2OCO[C@H]2[C@H](OC(=O)c2ccc(C=C3CCC4O[C@]4(C)CC[C@@H]4[C@@H]3CC4(C)C)cc2)C1. The van der Waals surface area contributed by atoms with Gasteiger partial charge in [-0.05, 0) is 107 Å². The highest BCUT2D eigenvalue weighted by Gasteiger charge is 2.56. The molecule has 3 N–H and O–H groups in total. The number of esters is 2. The molecule has 1 unspecified atom stereocenters. The number of carbonyl (C=O) groups excluding carboxylic acids is 4. The summed E-state index contributed by atoms with van der Waals surface area (Å²) < 4.78 is 28.8. The average Bonchev–Trinajstić information content (AvgIpc) is 3.48. The van der Waals surface area contributed by atoms with Crippen LogP contribution in [0.4, 0.5) is 0 Å². The lowest BCUT2D eigenvalue weighted by molar-refractivity contribution is -0.155. The summed E-state index contributed by atoms with van der Waals surface area (Å²) in [6.45, 7) is 12.1. The van der Waals surface area contributed by atoms with E-state index in [-0.39, 0.29) is 57.1 Å². The molecule has 6 rings (SSSR count). The molecular weight excluding hydrogens is 692 g/mol. The Morgan fingerprint density at radius 1 is 1.06 bits per heavy atom. The van der Waals surface area contributed by atoms with Gasteiger partial charge in [-0.1, -0.05) is 37.6 Å². The molecule has 54 heavy (non-hydrogen) atoms. The Labute approximate surface area is 318 Å². The Morgan fingerprint density at radius 3 is 2.52 bits per heavy atom. The van der Waals surface area contributed by atoms with Gasteiger partial charge in [0.15, 0.2) is 0 Å². The number of ether oxygens (including phenoxy) is 5. The van der Waals surface area contributed by atoms with E-state index in [1.54, 1.807) is 39.0 Å². The molecule has 2 aliphatic heterocycles. The summed E-state index contributed by atoms with van der Waals surface area (Å²) in [7, 11) is 0. The number of aliphatic hydroxyl groups is 1. The molecule has 5 aliphatic rings. The third-order valence-electron chi connectivity index (χ3n) is 11.8. The van der Waals surface area contributed by atoms with Crippen molar-refractivity contribution in [2.75, 3.05) is 19.9 Å². The fourth-order valence-electron chi connectivity index (χ4n) is 8.66. The molecular formula is C42H58N2O10. The molecule has 1 aromatic rings. The first-order chi connectivity index (χ1) is 25.5. The number of benzene rings is 1. The van der Waals surface area contributed by atoms with Gasteiger partial charge in [0.25, 0.3) is 0 Å². The first kappa shape index (κ1) is 40.1. The number of nitrogens with one attached hydrogen (secondary N) is 2. The third-order valence-corrected chi connectivity index (χ3v) is 11.8. The van der Waals surface area contributed by atoms with Gasteiger partial charge in [-0.3, -0.25) is 14.4 Å². The number of rotatable bonds is 12. The van der Waals surface area contributed by atoms with Crippen LogP contribution in [-0.2, 0) is 38.1 Å². The van der Waals surface area contributed by atoms with Crippen molar-refractivity contribution in [3.63, 3.8) is 0 Å². The summed E-state index contributed by atoms with van der Waals surface area (Å²) >= 11 is 0. The average molecular weight is 751 g/mol. The number of amides is 2. The molecule has 0 bridgehead atoms. The summed E-state index contributed by atoms with van der Waals surface area (Å²) in [5, 5.41) is 15.1. The summed E-state index contributed by atoms with van der Waals surface area (Å²) in [4.78, 5) is 51.1. The zero-order valence-corrected chi connectivity index (χ0v) is 32.6. The van der Waals surface area contributed by atoms with Gasteiger partial charge in [-0.2, -0.15) is 0 Å². The molecule has 8 atom stereocenters. The van der Waals surface area contributed by atoms with Gasteiger partial charge in [-0.15, -0.1) is 0 Å². The molecule has 12 heteroatoms. The Balaban J connectivity index is 0.999. The Bertz CT molecular complexity index is 1630. The van der Waals surface area contributed by atoms with E-state index in [1.807, 2.05) is 12.1 Å². The lowest BCUT2D eigenvalue weighted by Crippen LogP contribution is -2.45. The minimum Gasteiger partial charge on any atom is -0.460 e. The molecule has 2 saturated heterocycles. The Kier molecular flexibility index (Phi) is 12.1. The molecule has 3 aliphatic carbocycles. The van der Waals surface area contributed by atoms with Crippen LogP contribution >= 0.6 is 0 Å². The number of hydrogen-bond acceptors (Lipinski definition) is 10. The number of allylic oxidation sites excluding steroid dienone is 1. The van der Waals surface area contributed by atoms with E-state index in [9.17, 15) is 24.3 Å². The molecule has 0 spiro atoms. The van der Waals surface area contributed by atoms with Crippen LogP contribution in [0.1, 0.15) is 115 Å². The molecule has 4 fully saturated rings. The summed E-state index contributed by atoms with van der Waals surface area (Å²) in [6.07, 6.45) is 8.40. The standard InChI is InChI=1S/C42H58N2O10/c1-40(2,3)54-36(47)14-12-29(23-45)44-35(46)16-18-43-38(48)28-20-32-37(51-24-50-32)33(21-28)52-39(49)26-9-7-25(8-10-26)19-27-11-13-34-42(6,53-34)17-15-31-30(27)22-41(31,4)5/h7-10,19-20,29-34,37,45H,11-18,21-24H2,1-6H3,(H,43,48)(H,44,46)/t29-,30+,31+,32+,33+,34?,37+,42+/m0/s1. The monoisotopic (exact) mass is 750 g/mol. The van der Waals surface area contributed by atoms with Gasteiger partial charge in [0.2, 0.25) is 11.8 Å². The second-order valence-electron chi connectivity index (χ2n) is 17.5. The number of fused-ring (bicyclic) bond motifs is 3. The van der Waals surface area contributed by atoms with E-state index in [1.165, 1.54) is 18.4 Å². The maximum Gasteiger partial charge on any atom is 0.338 e. The van der Waals surface area contributed by atoms with E-state index in [0.717, 1.165) is 24.8 Å². The highest BCUT2D eigenvalue weighted by atomic mass is 16.7. The fourth-order valence-corrected chi connectivity index (χ4v) is 8.66. The van der Waals surface area contributed by atoms with E-state index < -0.39 is 47.8 Å². The van der Waals surface area contributed by atoms with Gasteiger partial charge in [0.05, 0.1) is 29.9 Å². The molecule has 1 aromatic carbocycles.